The summed E-state index contributed by atoms with van der Waals surface area (Å²) >= 11 is 0. The van der Waals surface area contributed by atoms with Crippen LogP contribution in [0.2, 0.25) is 0 Å². The van der Waals surface area contributed by atoms with E-state index in [9.17, 15) is 14.3 Å². The second kappa shape index (κ2) is 9.22. The average Bonchev–Trinajstić information content (AvgIpc) is 2.56. The second-order valence-corrected chi connectivity index (χ2v) is 5.89. The van der Waals surface area contributed by atoms with Gasteiger partial charge in [0.05, 0.1) is 6.10 Å². The first kappa shape index (κ1) is 18.2. The molecule has 0 saturated carbocycles. The molecule has 0 aromatic carbocycles. The molecule has 2 unspecified atom stereocenters. The molecule has 24 heavy (non-hydrogen) atoms. The van der Waals surface area contributed by atoms with Crippen LogP contribution in [-0.4, -0.2) is 36.3 Å². The number of aliphatic hydroxyl groups excluding tert-OH is 1. The van der Waals surface area contributed by atoms with Gasteiger partial charge in [0.25, 0.3) is 0 Å². The van der Waals surface area contributed by atoms with Crippen molar-refractivity contribution in [2.24, 2.45) is 10.9 Å². The molecule has 2 atom stereocenters. The highest BCUT2D eigenvalue weighted by Crippen LogP contribution is 2.19. The van der Waals surface area contributed by atoms with Crippen molar-refractivity contribution in [3.05, 3.63) is 35.8 Å². The molecular formula is C17H25FN4O2. The number of halogens is 1. The summed E-state index contributed by atoms with van der Waals surface area (Å²) in [5, 5.41) is 18.0. The Bertz CT molecular complexity index is 569. The van der Waals surface area contributed by atoms with Gasteiger partial charge in [0.1, 0.15) is 5.83 Å². The van der Waals surface area contributed by atoms with Gasteiger partial charge < -0.3 is 15.7 Å². The summed E-state index contributed by atoms with van der Waals surface area (Å²) in [5.74, 6) is 0.298. The van der Waals surface area contributed by atoms with Crippen LogP contribution in [-0.2, 0) is 0 Å². The Morgan fingerprint density at radius 1 is 1.38 bits per heavy atom. The first-order valence-corrected chi connectivity index (χ1v) is 8.35. The van der Waals surface area contributed by atoms with E-state index < -0.39 is 0 Å². The van der Waals surface area contributed by atoms with Crippen molar-refractivity contribution in [2.45, 2.75) is 38.7 Å². The fourth-order valence-corrected chi connectivity index (χ4v) is 2.49. The number of urea groups is 1. The molecule has 2 amide bonds. The number of amides is 2. The molecule has 0 heterocycles. The van der Waals surface area contributed by atoms with Crippen molar-refractivity contribution in [1.29, 1.82) is 0 Å². The van der Waals surface area contributed by atoms with E-state index in [1.165, 1.54) is 6.08 Å². The SMILES string of the molecule is CCNC(=O)N/C(=N\C1=CCC(O)CC1)NCC1C=CC(F)=CC1. The molecule has 0 aromatic rings. The molecular weight excluding hydrogens is 311 g/mol. The summed E-state index contributed by atoms with van der Waals surface area (Å²) in [5.41, 5.74) is 0.838. The summed E-state index contributed by atoms with van der Waals surface area (Å²) in [6.07, 6.45) is 8.89. The maximum Gasteiger partial charge on any atom is 0.321 e. The third-order valence-corrected chi connectivity index (χ3v) is 3.86. The number of carbonyl (C=O) groups excluding carboxylic acids is 1. The van der Waals surface area contributed by atoms with E-state index in [4.69, 9.17) is 0 Å². The number of hydrogen-bond donors (Lipinski definition) is 4. The highest BCUT2D eigenvalue weighted by Gasteiger charge is 2.14. The lowest BCUT2D eigenvalue weighted by Gasteiger charge is -2.19. The van der Waals surface area contributed by atoms with Crippen LogP contribution in [0.1, 0.15) is 32.6 Å². The Kier molecular flexibility index (Phi) is 6.99. The topological polar surface area (TPSA) is 85.8 Å². The number of hydrogen-bond acceptors (Lipinski definition) is 3. The van der Waals surface area contributed by atoms with Crippen molar-refractivity contribution in [2.75, 3.05) is 13.1 Å². The molecule has 2 aliphatic carbocycles. The predicted molar refractivity (Wildman–Crippen MR) is 92.0 cm³/mol. The van der Waals surface area contributed by atoms with Crippen LogP contribution >= 0.6 is 0 Å². The molecule has 0 saturated heterocycles. The van der Waals surface area contributed by atoms with Crippen LogP contribution in [0.5, 0.6) is 0 Å². The normalized spacial score (nSPS) is 24.0. The van der Waals surface area contributed by atoms with Gasteiger partial charge >= 0.3 is 6.03 Å². The molecule has 132 valence electrons. The standard InChI is InChI=1S/C17H25FN4O2/c1-2-19-17(24)22-16(21-14-7-9-15(23)10-8-14)20-11-12-3-5-13(18)6-4-12/h3,5-7,12,15,23H,2,4,8-11H2,1H3,(H3,19,20,21,22,24). The highest BCUT2D eigenvalue weighted by atomic mass is 19.1. The zero-order valence-corrected chi connectivity index (χ0v) is 13.9. The van der Waals surface area contributed by atoms with Gasteiger partial charge in [-0.1, -0.05) is 12.2 Å². The summed E-state index contributed by atoms with van der Waals surface area (Å²) in [6, 6.07) is -0.328. The van der Waals surface area contributed by atoms with Crippen molar-refractivity contribution >= 4 is 12.0 Å². The lowest BCUT2D eigenvalue weighted by atomic mass is 10.0. The van der Waals surface area contributed by atoms with E-state index in [0.717, 1.165) is 5.70 Å². The lowest BCUT2D eigenvalue weighted by Crippen LogP contribution is -2.47. The fourth-order valence-electron chi connectivity index (χ4n) is 2.49. The van der Waals surface area contributed by atoms with Gasteiger partial charge in [-0.2, -0.15) is 0 Å². The quantitative estimate of drug-likeness (QED) is 0.468. The van der Waals surface area contributed by atoms with Gasteiger partial charge in [0, 0.05) is 18.8 Å². The molecule has 0 bridgehead atoms. The van der Waals surface area contributed by atoms with E-state index in [2.05, 4.69) is 20.9 Å². The van der Waals surface area contributed by atoms with Crippen LogP contribution in [0, 0.1) is 5.92 Å². The van der Waals surface area contributed by atoms with E-state index in [0.29, 0.717) is 44.7 Å². The van der Waals surface area contributed by atoms with E-state index in [-0.39, 0.29) is 23.9 Å². The smallest absolute Gasteiger partial charge is 0.321 e. The van der Waals surface area contributed by atoms with E-state index in [1.807, 2.05) is 19.1 Å². The molecule has 4 N–H and O–H groups in total. The average molecular weight is 336 g/mol. The number of aliphatic imine (C=N–C) groups is 1. The molecule has 0 aliphatic heterocycles. The summed E-state index contributed by atoms with van der Waals surface area (Å²) in [4.78, 5) is 16.2. The van der Waals surface area contributed by atoms with Gasteiger partial charge in [-0.15, -0.1) is 0 Å². The van der Waals surface area contributed by atoms with Gasteiger partial charge in [-0.3, -0.25) is 5.32 Å². The third kappa shape index (κ3) is 6.16. The Morgan fingerprint density at radius 2 is 2.21 bits per heavy atom. The van der Waals surface area contributed by atoms with Gasteiger partial charge in [-0.05, 0) is 50.7 Å². The minimum atomic E-state index is -0.328. The van der Waals surface area contributed by atoms with Crippen molar-refractivity contribution in [3.8, 4) is 0 Å². The number of carbonyl (C=O) groups is 1. The van der Waals surface area contributed by atoms with Gasteiger partial charge in [0.2, 0.25) is 5.96 Å². The minimum Gasteiger partial charge on any atom is -0.393 e. The Hall–Kier alpha value is -2.15. The monoisotopic (exact) mass is 336 g/mol. The van der Waals surface area contributed by atoms with Crippen LogP contribution in [0.15, 0.2) is 40.8 Å². The van der Waals surface area contributed by atoms with Gasteiger partial charge in [0.15, 0.2) is 0 Å². The first-order chi connectivity index (χ1) is 11.6. The largest absolute Gasteiger partial charge is 0.393 e. The van der Waals surface area contributed by atoms with E-state index in [1.54, 1.807) is 6.08 Å². The maximum absolute atomic E-state index is 13.0. The number of nitrogens with one attached hydrogen (secondary N) is 3. The zero-order valence-electron chi connectivity index (χ0n) is 13.9. The number of nitrogens with zero attached hydrogens (tertiary/aromatic N) is 1. The number of rotatable bonds is 4. The minimum absolute atomic E-state index is 0.146. The highest BCUT2D eigenvalue weighted by molar-refractivity contribution is 5.96. The predicted octanol–water partition coefficient (Wildman–Crippen LogP) is 2.11. The molecule has 2 rings (SSSR count). The van der Waals surface area contributed by atoms with Crippen LogP contribution in [0.4, 0.5) is 9.18 Å². The Morgan fingerprint density at radius 3 is 2.83 bits per heavy atom. The number of allylic oxidation sites excluding steroid dienone is 4. The number of aliphatic hydroxyl groups is 1. The van der Waals surface area contributed by atoms with E-state index >= 15 is 0 Å². The molecule has 6 nitrogen and oxygen atoms in total. The Labute approximate surface area is 141 Å². The molecule has 0 fully saturated rings. The number of guanidine groups is 1. The molecule has 2 aliphatic rings. The molecule has 0 radical (unpaired) electrons. The first-order valence-electron chi connectivity index (χ1n) is 8.35. The van der Waals surface area contributed by atoms with Crippen molar-refractivity contribution < 1.29 is 14.3 Å². The van der Waals surface area contributed by atoms with Gasteiger partial charge in [-0.25, -0.2) is 14.2 Å². The molecule has 0 spiro atoms. The van der Waals surface area contributed by atoms with Crippen molar-refractivity contribution in [1.82, 2.24) is 16.0 Å². The van der Waals surface area contributed by atoms with Crippen molar-refractivity contribution in [3.63, 3.8) is 0 Å². The lowest BCUT2D eigenvalue weighted by molar-refractivity contribution is 0.162. The zero-order chi connectivity index (χ0) is 17.4. The van der Waals surface area contributed by atoms with Crippen LogP contribution in [0.3, 0.4) is 0 Å². The second-order valence-electron chi connectivity index (χ2n) is 5.89. The Balaban J connectivity index is 1.97. The molecule has 7 heteroatoms. The van der Waals surface area contributed by atoms with Crippen LogP contribution < -0.4 is 16.0 Å². The van der Waals surface area contributed by atoms with Crippen LogP contribution in [0.25, 0.3) is 0 Å². The maximum atomic E-state index is 13.0. The third-order valence-electron chi connectivity index (χ3n) is 3.86. The fraction of sp³-hybridized carbons (Fsp3) is 0.529. The summed E-state index contributed by atoms with van der Waals surface area (Å²) in [7, 11) is 0. The summed E-state index contributed by atoms with van der Waals surface area (Å²) in [6.45, 7) is 2.90. The molecule has 0 aromatic heterocycles. The summed E-state index contributed by atoms with van der Waals surface area (Å²) < 4.78 is 13.0.